The van der Waals surface area contributed by atoms with Crippen LogP contribution in [0.3, 0.4) is 0 Å². The first-order valence-corrected chi connectivity index (χ1v) is 5.91. The molecule has 0 bridgehead atoms. The quantitative estimate of drug-likeness (QED) is 0.680. The molecule has 0 amide bonds. The highest BCUT2D eigenvalue weighted by atomic mass is 35.5. The molecule has 0 aliphatic heterocycles. The number of halogens is 1. The summed E-state index contributed by atoms with van der Waals surface area (Å²) in [6.45, 7) is 0. The van der Waals surface area contributed by atoms with Gasteiger partial charge >= 0.3 is 5.97 Å². The fraction of sp³-hybridized carbons (Fsp3) is 0.0909. The Balaban J connectivity index is 2.50. The molecule has 0 aliphatic carbocycles. The molecule has 2 rings (SSSR count). The van der Waals surface area contributed by atoms with Crippen molar-refractivity contribution in [3.05, 3.63) is 40.9 Å². The Morgan fingerprint density at radius 1 is 1.53 bits per heavy atom. The van der Waals surface area contributed by atoms with Crippen LogP contribution in [0.2, 0.25) is 5.02 Å². The van der Waals surface area contributed by atoms with Crippen LogP contribution in [0.1, 0.15) is 16.2 Å². The molecule has 1 heterocycles. The van der Waals surface area contributed by atoms with Gasteiger partial charge in [0.05, 0.1) is 12.8 Å². The average Bonchev–Trinajstić information content (AvgIpc) is 2.87. The van der Waals surface area contributed by atoms with Gasteiger partial charge in [0.25, 0.3) is 5.82 Å². The smallest absolute Gasteiger partial charge is 0.377 e. The van der Waals surface area contributed by atoms with E-state index in [4.69, 9.17) is 29.6 Å². The number of thiocarbonyl (C=S) groups is 1. The van der Waals surface area contributed by atoms with Crippen LogP contribution in [0.5, 0.6) is 0 Å². The Hall–Kier alpha value is -1.99. The highest BCUT2D eigenvalue weighted by molar-refractivity contribution is 7.80. The van der Waals surface area contributed by atoms with E-state index in [0.717, 1.165) is 0 Å². The van der Waals surface area contributed by atoms with Crippen molar-refractivity contribution < 1.29 is 9.53 Å². The Morgan fingerprint density at radius 3 is 2.89 bits per heavy atom. The summed E-state index contributed by atoms with van der Waals surface area (Å²) in [6.07, 6.45) is 1.37. The molecule has 1 aromatic heterocycles. The van der Waals surface area contributed by atoms with Crippen molar-refractivity contribution in [1.82, 2.24) is 14.8 Å². The van der Waals surface area contributed by atoms with Gasteiger partial charge < -0.3 is 10.5 Å². The largest absolute Gasteiger partial charge is 0.463 e. The number of nitrogens with two attached hydrogens (primary N) is 1. The Labute approximate surface area is 119 Å². The Bertz CT molecular complexity index is 656. The maximum atomic E-state index is 11.3. The van der Waals surface area contributed by atoms with Crippen LogP contribution in [-0.2, 0) is 4.74 Å². The summed E-state index contributed by atoms with van der Waals surface area (Å²) in [6, 6.07) is 4.98. The molecule has 19 heavy (non-hydrogen) atoms. The van der Waals surface area contributed by atoms with E-state index in [1.165, 1.54) is 18.1 Å². The second-order valence-electron chi connectivity index (χ2n) is 3.53. The summed E-state index contributed by atoms with van der Waals surface area (Å²) in [7, 11) is 1.26. The lowest BCUT2D eigenvalue weighted by Crippen LogP contribution is -2.14. The second-order valence-corrected chi connectivity index (χ2v) is 4.41. The monoisotopic (exact) mass is 296 g/mol. The third-order valence-electron chi connectivity index (χ3n) is 2.33. The van der Waals surface area contributed by atoms with Crippen LogP contribution >= 0.6 is 23.8 Å². The molecular formula is C11H9ClN4O2S. The average molecular weight is 297 g/mol. The SMILES string of the molecule is COC(=O)c1ncn(-c2ccc(Cl)cc2C(N)=S)n1. The number of rotatable bonds is 3. The molecule has 0 saturated heterocycles. The van der Waals surface area contributed by atoms with Crippen molar-refractivity contribution in [2.45, 2.75) is 0 Å². The fourth-order valence-electron chi connectivity index (χ4n) is 1.47. The van der Waals surface area contributed by atoms with Crippen molar-refractivity contribution in [2.75, 3.05) is 7.11 Å². The van der Waals surface area contributed by atoms with E-state index in [9.17, 15) is 4.79 Å². The summed E-state index contributed by atoms with van der Waals surface area (Å²) in [5.41, 5.74) is 6.76. The molecule has 98 valence electrons. The lowest BCUT2D eigenvalue weighted by atomic mass is 10.2. The molecular weight excluding hydrogens is 288 g/mol. The number of carbonyl (C=O) groups excluding carboxylic acids is 1. The van der Waals surface area contributed by atoms with Gasteiger partial charge in [-0.05, 0) is 18.2 Å². The zero-order valence-corrected chi connectivity index (χ0v) is 11.4. The highest BCUT2D eigenvalue weighted by Crippen LogP contribution is 2.19. The van der Waals surface area contributed by atoms with Crippen molar-refractivity contribution in [3.8, 4) is 5.69 Å². The van der Waals surface area contributed by atoms with Gasteiger partial charge in [0.2, 0.25) is 0 Å². The van der Waals surface area contributed by atoms with Crippen molar-refractivity contribution in [1.29, 1.82) is 0 Å². The van der Waals surface area contributed by atoms with Crippen LogP contribution < -0.4 is 5.73 Å². The van der Waals surface area contributed by atoms with Gasteiger partial charge in [0.15, 0.2) is 0 Å². The van der Waals surface area contributed by atoms with Crippen LogP contribution in [0, 0.1) is 0 Å². The summed E-state index contributed by atoms with van der Waals surface area (Å²) in [5, 5.41) is 4.50. The van der Waals surface area contributed by atoms with Gasteiger partial charge in [-0.15, -0.1) is 5.10 Å². The first-order chi connectivity index (χ1) is 9.02. The van der Waals surface area contributed by atoms with Crippen LogP contribution in [0.4, 0.5) is 0 Å². The molecule has 0 atom stereocenters. The molecule has 1 aromatic carbocycles. The third kappa shape index (κ3) is 2.72. The number of ether oxygens (including phenoxy) is 1. The maximum Gasteiger partial charge on any atom is 0.377 e. The molecule has 0 unspecified atom stereocenters. The van der Waals surface area contributed by atoms with Gasteiger partial charge in [0.1, 0.15) is 11.3 Å². The summed E-state index contributed by atoms with van der Waals surface area (Å²) >= 11 is 10.8. The van der Waals surface area contributed by atoms with Gasteiger partial charge in [-0.1, -0.05) is 23.8 Å². The van der Waals surface area contributed by atoms with Gasteiger partial charge in [-0.2, -0.15) is 0 Å². The third-order valence-corrected chi connectivity index (χ3v) is 2.79. The van der Waals surface area contributed by atoms with Crippen LogP contribution in [0.15, 0.2) is 24.5 Å². The molecule has 2 N–H and O–H groups in total. The Morgan fingerprint density at radius 2 is 2.26 bits per heavy atom. The van der Waals surface area contributed by atoms with E-state index in [1.807, 2.05) is 0 Å². The fourth-order valence-corrected chi connectivity index (χ4v) is 1.80. The lowest BCUT2D eigenvalue weighted by molar-refractivity contribution is 0.0587. The van der Waals surface area contributed by atoms with Gasteiger partial charge in [-0.25, -0.2) is 14.5 Å². The molecule has 0 aliphatic rings. The number of hydrogen-bond donors (Lipinski definition) is 1. The van der Waals surface area contributed by atoms with E-state index in [1.54, 1.807) is 18.2 Å². The predicted octanol–water partition coefficient (Wildman–Crippen LogP) is 1.34. The molecule has 6 nitrogen and oxygen atoms in total. The van der Waals surface area contributed by atoms with E-state index in [0.29, 0.717) is 16.3 Å². The van der Waals surface area contributed by atoms with E-state index in [2.05, 4.69) is 14.8 Å². The number of carbonyl (C=O) groups is 1. The number of aromatic nitrogens is 3. The first kappa shape index (κ1) is 13.4. The molecule has 0 fully saturated rings. The zero-order chi connectivity index (χ0) is 14.0. The highest BCUT2D eigenvalue weighted by Gasteiger charge is 2.14. The van der Waals surface area contributed by atoms with E-state index in [-0.39, 0.29) is 10.8 Å². The van der Waals surface area contributed by atoms with Crippen molar-refractivity contribution in [3.63, 3.8) is 0 Å². The number of nitrogens with zero attached hydrogens (tertiary/aromatic N) is 3. The van der Waals surface area contributed by atoms with Crippen LogP contribution in [-0.4, -0.2) is 32.8 Å². The van der Waals surface area contributed by atoms with Gasteiger partial charge in [0, 0.05) is 10.6 Å². The predicted molar refractivity (Wildman–Crippen MR) is 73.6 cm³/mol. The normalized spacial score (nSPS) is 10.2. The number of benzene rings is 1. The topological polar surface area (TPSA) is 83.0 Å². The molecule has 2 aromatic rings. The first-order valence-electron chi connectivity index (χ1n) is 5.12. The second kappa shape index (κ2) is 5.33. The number of methoxy groups -OCH3 is 1. The summed E-state index contributed by atoms with van der Waals surface area (Å²) in [5.74, 6) is -0.670. The number of esters is 1. The molecule has 0 radical (unpaired) electrons. The minimum atomic E-state index is -0.621. The standard InChI is InChI=1S/C11H9ClN4O2S/c1-18-11(17)10-14-5-16(15-10)8-3-2-6(12)4-7(8)9(13)19/h2-5H,1H3,(H2,13,19). The summed E-state index contributed by atoms with van der Waals surface area (Å²) < 4.78 is 5.92. The minimum Gasteiger partial charge on any atom is -0.463 e. The van der Waals surface area contributed by atoms with Gasteiger partial charge in [-0.3, -0.25) is 0 Å². The van der Waals surface area contributed by atoms with Crippen LogP contribution in [0.25, 0.3) is 5.69 Å². The maximum absolute atomic E-state index is 11.3. The van der Waals surface area contributed by atoms with Crippen molar-refractivity contribution in [2.24, 2.45) is 5.73 Å². The Kier molecular flexibility index (Phi) is 3.77. The molecule has 0 spiro atoms. The molecule has 8 heteroatoms. The minimum absolute atomic E-state index is 0.0497. The van der Waals surface area contributed by atoms with E-state index < -0.39 is 5.97 Å². The van der Waals surface area contributed by atoms with E-state index >= 15 is 0 Å². The lowest BCUT2D eigenvalue weighted by Gasteiger charge is -2.07. The molecule has 0 saturated carbocycles. The van der Waals surface area contributed by atoms with Crippen molar-refractivity contribution >= 4 is 34.8 Å². The zero-order valence-electron chi connectivity index (χ0n) is 9.83. The number of hydrogen-bond acceptors (Lipinski definition) is 5. The summed E-state index contributed by atoms with van der Waals surface area (Å²) in [4.78, 5) is 15.3.